The summed E-state index contributed by atoms with van der Waals surface area (Å²) in [6.07, 6.45) is 7.44. The summed E-state index contributed by atoms with van der Waals surface area (Å²) in [6.45, 7) is 5.72. The Morgan fingerprint density at radius 2 is 2.03 bits per heavy atom. The van der Waals surface area contributed by atoms with Crippen molar-refractivity contribution in [3.63, 3.8) is 0 Å². The fraction of sp³-hybridized carbons (Fsp3) is 0.304. The number of allylic oxidation sites excluding steroid dienone is 1. The van der Waals surface area contributed by atoms with Gasteiger partial charge in [-0.25, -0.2) is 15.0 Å². The van der Waals surface area contributed by atoms with Gasteiger partial charge in [-0.05, 0) is 31.2 Å². The van der Waals surface area contributed by atoms with E-state index in [9.17, 15) is 0 Å². The van der Waals surface area contributed by atoms with Crippen molar-refractivity contribution in [3.05, 3.63) is 48.4 Å². The lowest BCUT2D eigenvalue weighted by Crippen LogP contribution is -2.36. The summed E-state index contributed by atoms with van der Waals surface area (Å²) in [7, 11) is 1.69. The minimum absolute atomic E-state index is 0.519. The van der Waals surface area contributed by atoms with E-state index in [4.69, 9.17) is 19.4 Å². The first kappa shape index (κ1) is 21.4. The van der Waals surface area contributed by atoms with Crippen molar-refractivity contribution in [1.29, 1.82) is 0 Å². The van der Waals surface area contributed by atoms with E-state index < -0.39 is 0 Å². The fourth-order valence-corrected chi connectivity index (χ4v) is 4.76. The average molecular weight is 464 g/mol. The van der Waals surface area contributed by atoms with Gasteiger partial charge in [0.1, 0.15) is 12.4 Å². The predicted molar refractivity (Wildman–Crippen MR) is 132 cm³/mol. The average Bonchev–Trinajstić information content (AvgIpc) is 3.27. The molecule has 0 saturated carbocycles. The molecule has 2 aliphatic rings. The minimum atomic E-state index is 0.519. The number of methoxy groups -OCH3 is 1. The van der Waals surface area contributed by atoms with Crippen molar-refractivity contribution >= 4 is 40.0 Å². The molecule has 170 valence electrons. The van der Waals surface area contributed by atoms with E-state index in [0.29, 0.717) is 12.6 Å². The number of benzene rings is 1. The molecule has 5 rings (SSSR count). The summed E-state index contributed by atoms with van der Waals surface area (Å²) >= 11 is 1.59. The number of aryl methyl sites for hydroxylation is 1. The van der Waals surface area contributed by atoms with Crippen LogP contribution < -0.4 is 19.9 Å². The molecule has 2 aromatic heterocycles. The topological polar surface area (TPSA) is 88.0 Å². The van der Waals surface area contributed by atoms with Gasteiger partial charge in [0.2, 0.25) is 5.95 Å². The van der Waals surface area contributed by atoms with Gasteiger partial charge in [0.05, 0.1) is 42.3 Å². The second kappa shape index (κ2) is 9.55. The molecule has 1 N–H and O–H groups in total. The van der Waals surface area contributed by atoms with Crippen LogP contribution in [0.25, 0.3) is 10.6 Å². The highest BCUT2D eigenvalue weighted by Crippen LogP contribution is 2.35. The van der Waals surface area contributed by atoms with E-state index in [0.717, 1.165) is 64.8 Å². The van der Waals surface area contributed by atoms with Gasteiger partial charge in [0, 0.05) is 43.5 Å². The molecule has 1 fully saturated rings. The van der Waals surface area contributed by atoms with E-state index >= 15 is 0 Å². The maximum atomic E-state index is 5.66. The van der Waals surface area contributed by atoms with Crippen molar-refractivity contribution in [3.8, 4) is 16.3 Å². The van der Waals surface area contributed by atoms with Crippen LogP contribution in [0.1, 0.15) is 5.69 Å². The number of anilines is 4. The molecule has 33 heavy (non-hydrogen) atoms. The Bertz CT molecular complexity index is 1190. The maximum absolute atomic E-state index is 5.66. The van der Waals surface area contributed by atoms with E-state index in [1.807, 2.05) is 42.3 Å². The number of nitrogens with one attached hydrogen (secondary N) is 1. The molecule has 0 amide bonds. The lowest BCUT2D eigenvalue weighted by atomic mass is 10.2. The zero-order valence-corrected chi connectivity index (χ0v) is 19.4. The molecule has 0 atom stereocenters. The summed E-state index contributed by atoms with van der Waals surface area (Å²) in [5.74, 6) is 1.32. The second-order valence-corrected chi connectivity index (χ2v) is 8.55. The molecule has 0 aliphatic carbocycles. The quantitative estimate of drug-likeness (QED) is 0.590. The van der Waals surface area contributed by atoms with Crippen molar-refractivity contribution in [2.75, 3.05) is 55.2 Å². The number of nitrogens with zero attached hydrogens (tertiary/aromatic N) is 6. The Morgan fingerprint density at radius 1 is 1.15 bits per heavy atom. The highest BCUT2D eigenvalue weighted by Gasteiger charge is 2.18. The highest BCUT2D eigenvalue weighted by molar-refractivity contribution is 7.19. The van der Waals surface area contributed by atoms with Crippen LogP contribution in [-0.4, -0.2) is 61.2 Å². The number of morpholine rings is 1. The van der Waals surface area contributed by atoms with Crippen LogP contribution in [0.3, 0.4) is 0 Å². The lowest BCUT2D eigenvalue weighted by molar-refractivity contribution is 0.122. The molecule has 1 saturated heterocycles. The van der Waals surface area contributed by atoms with Crippen LogP contribution in [0.15, 0.2) is 47.7 Å². The SMILES string of the molecule is COc1cc(Nc2nccc(-c3sc(N4C=CC=NC4)nc3C)n2)ccc1N1CCOCC1. The molecular weight excluding hydrogens is 438 g/mol. The van der Waals surface area contributed by atoms with Crippen LogP contribution >= 0.6 is 11.3 Å². The molecule has 4 heterocycles. The summed E-state index contributed by atoms with van der Waals surface area (Å²) in [4.78, 5) is 23.4. The minimum Gasteiger partial charge on any atom is -0.495 e. The van der Waals surface area contributed by atoms with Crippen molar-refractivity contribution in [2.45, 2.75) is 6.92 Å². The molecule has 0 unspecified atom stereocenters. The van der Waals surface area contributed by atoms with Gasteiger partial charge < -0.3 is 24.6 Å². The van der Waals surface area contributed by atoms with Crippen molar-refractivity contribution < 1.29 is 9.47 Å². The number of rotatable bonds is 6. The first-order valence-electron chi connectivity index (χ1n) is 10.7. The third-order valence-electron chi connectivity index (χ3n) is 5.40. The molecule has 9 nitrogen and oxygen atoms in total. The Kier molecular flexibility index (Phi) is 6.18. The van der Waals surface area contributed by atoms with Gasteiger partial charge in [-0.15, -0.1) is 0 Å². The summed E-state index contributed by atoms with van der Waals surface area (Å²) in [5, 5.41) is 4.20. The fourth-order valence-electron chi connectivity index (χ4n) is 3.75. The molecule has 10 heteroatoms. The first-order valence-corrected chi connectivity index (χ1v) is 11.5. The molecule has 3 aromatic rings. The van der Waals surface area contributed by atoms with Gasteiger partial charge in [-0.3, -0.25) is 4.99 Å². The van der Waals surface area contributed by atoms with E-state index in [2.05, 4.69) is 26.3 Å². The zero-order chi connectivity index (χ0) is 22.6. The van der Waals surface area contributed by atoms with E-state index in [1.165, 1.54) is 0 Å². The van der Waals surface area contributed by atoms with Gasteiger partial charge in [-0.1, -0.05) is 11.3 Å². The molecule has 0 spiro atoms. The van der Waals surface area contributed by atoms with Crippen LogP contribution in [0.4, 0.5) is 22.5 Å². The number of thiazole rings is 1. The van der Waals surface area contributed by atoms with Gasteiger partial charge >= 0.3 is 0 Å². The summed E-state index contributed by atoms with van der Waals surface area (Å²) < 4.78 is 11.1. The molecule has 1 aromatic carbocycles. The predicted octanol–water partition coefficient (Wildman–Crippen LogP) is 3.86. The van der Waals surface area contributed by atoms with E-state index in [1.54, 1.807) is 30.9 Å². The largest absolute Gasteiger partial charge is 0.495 e. The Hall–Kier alpha value is -3.50. The standard InChI is InChI=1S/C23H25N7O2S/c1-16-21(33-23(26-16)30-9-3-7-24-15-30)18-6-8-25-22(28-18)27-17-4-5-19(20(14-17)31-2)29-10-12-32-13-11-29/h3-9,14H,10-13,15H2,1-2H3,(H,25,27,28). The van der Waals surface area contributed by atoms with E-state index in [-0.39, 0.29) is 0 Å². The number of hydrogen-bond acceptors (Lipinski definition) is 10. The monoisotopic (exact) mass is 463 g/mol. The normalized spacial score (nSPS) is 15.7. The van der Waals surface area contributed by atoms with Crippen molar-refractivity contribution in [1.82, 2.24) is 15.0 Å². The molecule has 2 aliphatic heterocycles. The highest BCUT2D eigenvalue weighted by atomic mass is 32.1. The van der Waals surface area contributed by atoms with Crippen LogP contribution in [0, 0.1) is 6.92 Å². The number of aliphatic imine (C=N–C) groups is 1. The Morgan fingerprint density at radius 3 is 2.82 bits per heavy atom. The first-order chi connectivity index (χ1) is 16.2. The number of hydrogen-bond donors (Lipinski definition) is 1. The maximum Gasteiger partial charge on any atom is 0.227 e. The zero-order valence-electron chi connectivity index (χ0n) is 18.6. The molecule has 0 bridgehead atoms. The van der Waals surface area contributed by atoms with Gasteiger partial charge in [-0.2, -0.15) is 0 Å². The van der Waals surface area contributed by atoms with Gasteiger partial charge in [0.25, 0.3) is 0 Å². The summed E-state index contributed by atoms with van der Waals surface area (Å²) in [6, 6.07) is 7.95. The van der Waals surface area contributed by atoms with Crippen molar-refractivity contribution in [2.24, 2.45) is 4.99 Å². The van der Waals surface area contributed by atoms with Crippen LogP contribution in [0.5, 0.6) is 5.75 Å². The number of ether oxygens (including phenoxy) is 2. The third-order valence-corrected chi connectivity index (χ3v) is 6.62. The van der Waals surface area contributed by atoms with Crippen LogP contribution in [0.2, 0.25) is 0 Å². The smallest absolute Gasteiger partial charge is 0.227 e. The molecular formula is C23H25N7O2S. The Balaban J connectivity index is 1.36. The van der Waals surface area contributed by atoms with Gasteiger partial charge in [0.15, 0.2) is 5.13 Å². The summed E-state index contributed by atoms with van der Waals surface area (Å²) in [5.41, 5.74) is 3.68. The number of aromatic nitrogens is 3. The third kappa shape index (κ3) is 4.67. The lowest BCUT2D eigenvalue weighted by Gasteiger charge is -2.30. The Labute approximate surface area is 196 Å². The molecule has 0 radical (unpaired) electrons. The second-order valence-electron chi connectivity index (χ2n) is 7.57. The van der Waals surface area contributed by atoms with Crippen LogP contribution in [-0.2, 0) is 4.74 Å².